The van der Waals surface area contributed by atoms with Crippen LogP contribution in [0.2, 0.25) is 2.82 Å². The molecule has 0 saturated carbocycles. The first-order valence-electron chi connectivity index (χ1n) is 18.5. The standard InChI is InChI=1S/C42H44N6O4/c1-5-23-17-27(18-24(6-2)35(23)41(39(49)50)21-33(47-45)37(43)29-13-9-11-15-31(29)41)28-19-25(7-3)36(26(8-4)20-28)42(40(51)52)22-34(48-46)38(44)30-14-10-12-16-32(30)42/h9-20,45-46H,5-8,21-22,43-44H2,1-4H3,(H,49,50)(H,51,52)/b47-45+,48-46+. The van der Waals surface area contributed by atoms with Gasteiger partial charge in [-0.3, -0.25) is 9.59 Å². The molecule has 0 heterocycles. The molecule has 266 valence electrons. The highest BCUT2D eigenvalue weighted by Gasteiger charge is 2.51. The zero-order chi connectivity index (χ0) is 38.9. The number of carbonyl (C=O) groups is 2. The quantitative estimate of drug-likeness (QED) is 0.0849. The number of rotatable bonds is 11. The molecule has 2 atom stereocenters. The third kappa shape index (κ3) is 5.15. The van der Waals surface area contributed by atoms with Crippen molar-refractivity contribution < 1.29 is 22.6 Å². The molecule has 0 aliphatic heterocycles. The lowest BCUT2D eigenvalue weighted by atomic mass is 9.63. The summed E-state index contributed by atoms with van der Waals surface area (Å²) in [5.41, 5.74) is 26.2. The molecule has 10 heteroatoms. The lowest BCUT2D eigenvalue weighted by molar-refractivity contribution is -0.143. The van der Waals surface area contributed by atoms with Crippen LogP contribution in [0, 0.1) is 11.0 Å². The average Bonchev–Trinajstić information content (AvgIpc) is 3.19. The van der Waals surface area contributed by atoms with E-state index in [0.29, 0.717) is 70.5 Å². The maximum atomic E-state index is 13.7. The zero-order valence-electron chi connectivity index (χ0n) is 31.8. The van der Waals surface area contributed by atoms with Gasteiger partial charge in [-0.05, 0) is 81.3 Å². The van der Waals surface area contributed by atoms with Gasteiger partial charge in [-0.15, -0.1) is 0 Å². The predicted molar refractivity (Wildman–Crippen MR) is 201 cm³/mol. The van der Waals surface area contributed by atoms with Crippen LogP contribution in [-0.2, 0) is 46.1 Å². The Balaban J connectivity index is 1.61. The maximum absolute atomic E-state index is 13.7. The lowest BCUT2D eigenvalue weighted by Crippen LogP contribution is -2.42. The Labute approximate surface area is 306 Å². The minimum absolute atomic E-state index is 0.0684. The molecule has 4 aromatic carbocycles. The van der Waals surface area contributed by atoms with Gasteiger partial charge < -0.3 is 21.7 Å². The van der Waals surface area contributed by atoms with Crippen molar-refractivity contribution >= 4 is 23.3 Å². The second kappa shape index (κ2) is 13.7. The highest BCUT2D eigenvalue weighted by atomic mass is 16.4. The van der Waals surface area contributed by atoms with E-state index in [-0.39, 0.29) is 24.2 Å². The minimum atomic E-state index is -1.54. The molecule has 8 N–H and O–H groups in total. The van der Waals surface area contributed by atoms with E-state index in [9.17, 15) is 19.8 Å². The number of nitrogens with one attached hydrogen (secondary N) is 2. The predicted octanol–water partition coefficient (Wildman–Crippen LogP) is 8.47. The van der Waals surface area contributed by atoms with Crippen molar-refractivity contribution in [2.75, 3.05) is 0 Å². The number of hydrogen-bond donors (Lipinski definition) is 6. The summed E-state index contributed by atoms with van der Waals surface area (Å²) < 4.78 is 14.9. The Morgan fingerprint density at radius 3 is 1.27 bits per heavy atom. The number of allylic oxidation sites excluding steroid dienone is 2. The maximum Gasteiger partial charge on any atom is 0.319 e. The first-order valence-corrected chi connectivity index (χ1v) is 17.7. The smallest absolute Gasteiger partial charge is 0.319 e. The summed E-state index contributed by atoms with van der Waals surface area (Å²) in [6, 6.07) is 22.6. The first-order chi connectivity index (χ1) is 26.0. The summed E-state index contributed by atoms with van der Waals surface area (Å²) in [6.07, 6.45) is 1.98. The van der Waals surface area contributed by atoms with E-state index < -0.39 is 22.8 Å². The number of nitrogens with two attached hydrogens (primary N) is 2. The summed E-state index contributed by atoms with van der Waals surface area (Å²) >= 11 is 0. The van der Waals surface area contributed by atoms with Gasteiger partial charge in [0.1, 0.15) is 10.8 Å². The van der Waals surface area contributed by atoms with E-state index >= 15 is 0 Å². The van der Waals surface area contributed by atoms with Crippen molar-refractivity contribution in [2.24, 2.45) is 21.7 Å². The third-order valence-electron chi connectivity index (χ3n) is 11.1. The molecule has 10 nitrogen and oxygen atoms in total. The second-order valence-corrected chi connectivity index (χ2v) is 13.5. The van der Waals surface area contributed by atoms with Crippen molar-refractivity contribution in [2.45, 2.75) is 77.0 Å². The van der Waals surface area contributed by atoms with E-state index in [1.54, 1.807) is 36.4 Å². The van der Waals surface area contributed by atoms with E-state index in [4.69, 9.17) is 14.3 Å². The Morgan fingerprint density at radius 2 is 0.981 bits per heavy atom. The largest absolute Gasteiger partial charge is 0.480 e. The van der Waals surface area contributed by atoms with E-state index in [1.807, 2.05) is 64.1 Å². The van der Waals surface area contributed by atoms with Gasteiger partial charge in [0, 0.05) is 24.0 Å². The van der Waals surface area contributed by atoms with Crippen LogP contribution in [-0.4, -0.2) is 22.2 Å². The normalized spacial score (nSPS) is 20.5. The molecule has 4 aromatic rings. The molecule has 52 heavy (non-hydrogen) atoms. The second-order valence-electron chi connectivity index (χ2n) is 13.5. The minimum Gasteiger partial charge on any atom is -0.480 e. The molecular weight excluding hydrogens is 652 g/mol. The first kappa shape index (κ1) is 33.3. The van der Waals surface area contributed by atoms with Crippen molar-refractivity contribution in [3.8, 4) is 11.1 Å². The third-order valence-corrected chi connectivity index (χ3v) is 11.1. The Kier molecular flexibility index (Phi) is 8.74. The number of aliphatic carboxylic acids is 2. The van der Waals surface area contributed by atoms with Crippen LogP contribution in [0.5, 0.6) is 0 Å². The molecule has 0 radical (unpaired) electrons. The number of hydrogen-bond acceptors (Lipinski definition) is 8. The fraction of sp³-hybridized carbons (Fsp3) is 0.286. The summed E-state index contributed by atoms with van der Waals surface area (Å²) in [7, 11) is 0. The van der Waals surface area contributed by atoms with E-state index in [2.05, 4.69) is 21.3 Å². The van der Waals surface area contributed by atoms with Gasteiger partial charge in [0.25, 0.3) is 0 Å². The van der Waals surface area contributed by atoms with Crippen LogP contribution in [0.3, 0.4) is 0 Å². The van der Waals surface area contributed by atoms with Gasteiger partial charge >= 0.3 is 11.9 Å². The summed E-state index contributed by atoms with van der Waals surface area (Å²) in [5, 5.41) is 30.4. The van der Waals surface area contributed by atoms with Crippen LogP contribution in [0.1, 0.15) is 96.2 Å². The summed E-state index contributed by atoms with van der Waals surface area (Å²) in [4.78, 5) is 27.5. The van der Waals surface area contributed by atoms with Crippen LogP contribution in [0.4, 0.5) is 0 Å². The summed E-state index contributed by atoms with van der Waals surface area (Å²) in [6.45, 7) is 8.00. The van der Waals surface area contributed by atoms with Crippen LogP contribution in [0.15, 0.2) is 94.4 Å². The monoisotopic (exact) mass is 696 g/mol. The molecule has 0 fully saturated rings. The SMILES string of the molecule is [H]/N=N/C1=C(N)c2ccccc2C(C(=O)O)(c2c(CC)cc(-c3cc(CC)c(C4(C(=O)O)CC(/N=N/[H])=C(N)c5ccccc54)c(CC)c3)cc2CC)C1. The fourth-order valence-corrected chi connectivity index (χ4v) is 8.67. The van der Waals surface area contributed by atoms with Crippen LogP contribution < -0.4 is 11.5 Å². The molecule has 0 bridgehead atoms. The number of aryl methyl sites for hydroxylation is 4. The van der Waals surface area contributed by atoms with Crippen molar-refractivity contribution in [1.82, 2.24) is 0 Å². The molecule has 0 aromatic heterocycles. The average molecular weight is 697 g/mol. The number of carboxylic acids is 2. The Hall–Kier alpha value is -5.90. The molecular formula is C42H44N6O4. The lowest BCUT2D eigenvalue weighted by Gasteiger charge is -2.39. The van der Waals surface area contributed by atoms with Gasteiger partial charge in [0.15, 0.2) is 0 Å². The molecule has 0 spiro atoms. The van der Waals surface area contributed by atoms with Gasteiger partial charge in [-0.1, -0.05) is 100 Å². The highest BCUT2D eigenvalue weighted by Crippen LogP contribution is 2.51. The van der Waals surface area contributed by atoms with Gasteiger partial charge in [0.2, 0.25) is 2.82 Å². The number of nitrogens with zero attached hydrogens (tertiary/aromatic N) is 2. The Morgan fingerprint density at radius 1 is 0.654 bits per heavy atom. The molecule has 6 rings (SSSR count). The Bertz CT molecular complexity index is 2100. The van der Waals surface area contributed by atoms with Crippen molar-refractivity contribution in [1.29, 1.82) is 11.0 Å². The zero-order valence-corrected chi connectivity index (χ0v) is 29.8. The highest BCUT2D eigenvalue weighted by molar-refractivity contribution is 5.94. The van der Waals surface area contributed by atoms with Crippen molar-refractivity contribution in [3.05, 3.63) is 140 Å². The molecule has 0 amide bonds. The van der Waals surface area contributed by atoms with Gasteiger partial charge in [-0.2, -0.15) is 10.2 Å². The van der Waals surface area contributed by atoms with E-state index in [1.165, 1.54) is 0 Å². The van der Waals surface area contributed by atoms with Gasteiger partial charge in [0.05, 0.1) is 22.8 Å². The molecule has 2 aliphatic rings. The number of benzene rings is 4. The fourth-order valence-electron chi connectivity index (χ4n) is 8.67. The number of carboxylic acid groups (broad SMARTS) is 2. The molecule has 0 saturated heterocycles. The van der Waals surface area contributed by atoms with Gasteiger partial charge in [-0.25, -0.2) is 11.0 Å². The van der Waals surface area contributed by atoms with Crippen LogP contribution >= 0.6 is 0 Å². The summed E-state index contributed by atoms with van der Waals surface area (Å²) in [5.74, 6) is -2.09. The number of fused-ring (bicyclic) bond motifs is 2. The van der Waals surface area contributed by atoms with Crippen molar-refractivity contribution in [3.63, 3.8) is 0 Å². The topological polar surface area (TPSA) is 199 Å². The van der Waals surface area contributed by atoms with E-state index in [0.717, 1.165) is 33.4 Å². The molecule has 2 unspecified atom stereocenters. The van der Waals surface area contributed by atoms with Crippen LogP contribution in [0.25, 0.3) is 22.5 Å². The molecule has 2 aliphatic carbocycles.